The van der Waals surface area contributed by atoms with E-state index in [-0.39, 0.29) is 5.91 Å². The minimum atomic E-state index is -0.107. The van der Waals surface area contributed by atoms with Crippen molar-refractivity contribution in [1.82, 2.24) is 4.90 Å². The molecule has 3 N–H and O–H groups in total. The highest BCUT2D eigenvalue weighted by molar-refractivity contribution is 6.09. The summed E-state index contributed by atoms with van der Waals surface area (Å²) in [4.78, 5) is 14.0. The molecule has 3 aromatic rings. The first-order valence-corrected chi connectivity index (χ1v) is 8.47. The van der Waals surface area contributed by atoms with E-state index in [4.69, 9.17) is 10.5 Å². The molecule has 0 saturated heterocycles. The molecule has 3 rings (SSSR count). The molecular formula is C21H23N3O2. The molecule has 0 fully saturated rings. The lowest BCUT2D eigenvalue weighted by Crippen LogP contribution is -2.27. The summed E-state index contributed by atoms with van der Waals surface area (Å²) < 4.78 is 6.01. The molecule has 1 amide bonds. The second-order valence-corrected chi connectivity index (χ2v) is 6.44. The number of amides is 1. The Balaban J connectivity index is 1.92. The van der Waals surface area contributed by atoms with Crippen molar-refractivity contribution in [1.29, 1.82) is 0 Å². The molecule has 0 aromatic heterocycles. The number of hydrogen-bond acceptors (Lipinski definition) is 4. The van der Waals surface area contributed by atoms with Crippen molar-refractivity contribution in [2.75, 3.05) is 31.7 Å². The summed E-state index contributed by atoms with van der Waals surface area (Å²) in [5, 5.41) is 4.70. The quantitative estimate of drug-likeness (QED) is 0.669. The number of rotatable bonds is 6. The number of nitrogens with two attached hydrogens (primary N) is 1. The summed E-state index contributed by atoms with van der Waals surface area (Å²) in [7, 11) is 3.70. The van der Waals surface area contributed by atoms with E-state index in [1.165, 1.54) is 0 Å². The fourth-order valence-corrected chi connectivity index (χ4v) is 2.82. The summed E-state index contributed by atoms with van der Waals surface area (Å²) in [6, 6.07) is 19.5. The van der Waals surface area contributed by atoms with Crippen LogP contribution in [0.15, 0.2) is 60.7 Å². The Labute approximate surface area is 153 Å². The van der Waals surface area contributed by atoms with Crippen molar-refractivity contribution < 1.29 is 9.53 Å². The van der Waals surface area contributed by atoms with Crippen LogP contribution in [0, 0.1) is 0 Å². The van der Waals surface area contributed by atoms with Gasteiger partial charge in [-0.2, -0.15) is 0 Å². The third kappa shape index (κ3) is 4.13. The average Bonchev–Trinajstić information content (AvgIpc) is 2.63. The smallest absolute Gasteiger partial charge is 0.238 e. The third-order valence-corrected chi connectivity index (χ3v) is 4.00. The first-order chi connectivity index (χ1) is 12.5. The molecule has 5 nitrogen and oxygen atoms in total. The van der Waals surface area contributed by atoms with Gasteiger partial charge < -0.3 is 20.7 Å². The van der Waals surface area contributed by atoms with Crippen LogP contribution in [0.4, 0.5) is 11.4 Å². The molecule has 0 atom stereocenters. The van der Waals surface area contributed by atoms with Gasteiger partial charge in [-0.1, -0.05) is 54.6 Å². The van der Waals surface area contributed by atoms with E-state index in [2.05, 4.69) is 5.32 Å². The topological polar surface area (TPSA) is 67.6 Å². The maximum Gasteiger partial charge on any atom is 0.238 e. The molecular weight excluding hydrogens is 326 g/mol. The van der Waals surface area contributed by atoms with Crippen molar-refractivity contribution in [3.8, 4) is 5.75 Å². The molecule has 26 heavy (non-hydrogen) atoms. The van der Waals surface area contributed by atoms with Crippen molar-refractivity contribution in [3.63, 3.8) is 0 Å². The lowest BCUT2D eigenvalue weighted by atomic mass is 10.1. The zero-order valence-corrected chi connectivity index (χ0v) is 15.0. The molecule has 0 aliphatic heterocycles. The maximum atomic E-state index is 12.2. The number of likely N-dealkylation sites (N-methyl/N-ethyl adjacent to an activating group) is 1. The SMILES string of the molecule is CN(C)CC(=O)Nc1c(N)cc(OCc2ccccc2)c2ccccc12. The number of carbonyl (C=O) groups excluding carboxylic acids is 1. The van der Waals surface area contributed by atoms with Gasteiger partial charge in [-0.05, 0) is 19.7 Å². The predicted octanol–water partition coefficient (Wildman–Crippen LogP) is 3.50. The maximum absolute atomic E-state index is 12.2. The molecule has 0 heterocycles. The molecule has 0 spiro atoms. The van der Waals surface area contributed by atoms with Crippen LogP contribution in [0.5, 0.6) is 5.75 Å². The van der Waals surface area contributed by atoms with E-state index >= 15 is 0 Å². The van der Waals surface area contributed by atoms with Crippen LogP contribution in [0.25, 0.3) is 10.8 Å². The summed E-state index contributed by atoms with van der Waals surface area (Å²) in [6.07, 6.45) is 0. The van der Waals surface area contributed by atoms with Crippen LogP contribution in [-0.4, -0.2) is 31.4 Å². The van der Waals surface area contributed by atoms with E-state index in [1.807, 2.05) is 73.6 Å². The van der Waals surface area contributed by atoms with Gasteiger partial charge in [0.2, 0.25) is 5.91 Å². The van der Waals surface area contributed by atoms with Crippen LogP contribution in [-0.2, 0) is 11.4 Å². The Bertz CT molecular complexity index is 908. The minimum absolute atomic E-state index is 0.107. The fraction of sp³-hybridized carbons (Fsp3) is 0.190. The first-order valence-electron chi connectivity index (χ1n) is 8.47. The Kier molecular flexibility index (Phi) is 5.39. The lowest BCUT2D eigenvalue weighted by molar-refractivity contribution is -0.116. The number of hydrogen-bond donors (Lipinski definition) is 2. The Morgan fingerprint density at radius 1 is 1.04 bits per heavy atom. The molecule has 0 aliphatic rings. The van der Waals surface area contributed by atoms with Gasteiger partial charge >= 0.3 is 0 Å². The van der Waals surface area contributed by atoms with Gasteiger partial charge in [-0.25, -0.2) is 0 Å². The van der Waals surface area contributed by atoms with Gasteiger partial charge in [0, 0.05) is 16.8 Å². The highest BCUT2D eigenvalue weighted by Crippen LogP contribution is 2.37. The van der Waals surface area contributed by atoms with Gasteiger partial charge in [0.05, 0.1) is 17.9 Å². The molecule has 134 valence electrons. The van der Waals surface area contributed by atoms with Gasteiger partial charge in [0.25, 0.3) is 0 Å². The van der Waals surface area contributed by atoms with E-state index < -0.39 is 0 Å². The number of ether oxygens (including phenoxy) is 1. The molecule has 0 bridgehead atoms. The van der Waals surface area contributed by atoms with Crippen molar-refractivity contribution in [3.05, 3.63) is 66.2 Å². The number of nitrogens with zero attached hydrogens (tertiary/aromatic N) is 1. The second kappa shape index (κ2) is 7.89. The van der Waals surface area contributed by atoms with Crippen molar-refractivity contribution >= 4 is 28.1 Å². The lowest BCUT2D eigenvalue weighted by Gasteiger charge is -2.17. The van der Waals surface area contributed by atoms with Gasteiger partial charge in [-0.15, -0.1) is 0 Å². The number of nitrogen functional groups attached to an aromatic ring is 1. The zero-order chi connectivity index (χ0) is 18.5. The summed E-state index contributed by atoms with van der Waals surface area (Å²) in [5.74, 6) is 0.595. The molecule has 0 unspecified atom stereocenters. The highest BCUT2D eigenvalue weighted by atomic mass is 16.5. The Morgan fingerprint density at radius 3 is 2.38 bits per heavy atom. The standard InChI is InChI=1S/C21H23N3O2/c1-24(2)13-20(25)23-21-17-11-7-6-10-16(17)19(12-18(21)22)26-14-15-8-4-3-5-9-15/h3-12H,13-14,22H2,1-2H3,(H,23,25). The number of fused-ring (bicyclic) bond motifs is 1. The zero-order valence-electron chi connectivity index (χ0n) is 15.0. The third-order valence-electron chi connectivity index (χ3n) is 4.00. The van der Waals surface area contributed by atoms with Gasteiger partial charge in [0.15, 0.2) is 0 Å². The van der Waals surface area contributed by atoms with Crippen LogP contribution < -0.4 is 15.8 Å². The fourth-order valence-electron chi connectivity index (χ4n) is 2.82. The normalized spacial score (nSPS) is 10.9. The minimum Gasteiger partial charge on any atom is -0.488 e. The van der Waals surface area contributed by atoms with E-state index in [1.54, 1.807) is 6.07 Å². The van der Waals surface area contributed by atoms with Crippen LogP contribution in [0.2, 0.25) is 0 Å². The Hall–Kier alpha value is -3.05. The number of carbonyl (C=O) groups is 1. The number of benzene rings is 3. The van der Waals surface area contributed by atoms with Crippen LogP contribution in [0.3, 0.4) is 0 Å². The van der Waals surface area contributed by atoms with Gasteiger partial charge in [0.1, 0.15) is 12.4 Å². The van der Waals surface area contributed by atoms with Crippen molar-refractivity contribution in [2.24, 2.45) is 0 Å². The monoisotopic (exact) mass is 349 g/mol. The van der Waals surface area contributed by atoms with E-state index in [0.717, 1.165) is 16.3 Å². The summed E-state index contributed by atoms with van der Waals surface area (Å²) >= 11 is 0. The summed E-state index contributed by atoms with van der Waals surface area (Å²) in [6.45, 7) is 0.747. The van der Waals surface area contributed by atoms with E-state index in [0.29, 0.717) is 30.3 Å². The average molecular weight is 349 g/mol. The molecule has 0 aliphatic carbocycles. The highest BCUT2D eigenvalue weighted by Gasteiger charge is 2.14. The number of nitrogens with one attached hydrogen (secondary N) is 1. The van der Waals surface area contributed by atoms with Crippen LogP contribution >= 0.6 is 0 Å². The van der Waals surface area contributed by atoms with E-state index in [9.17, 15) is 4.79 Å². The molecule has 5 heteroatoms. The largest absolute Gasteiger partial charge is 0.488 e. The van der Waals surface area contributed by atoms with Crippen molar-refractivity contribution in [2.45, 2.75) is 6.61 Å². The molecule has 0 radical (unpaired) electrons. The summed E-state index contributed by atoms with van der Waals surface area (Å²) in [5.41, 5.74) is 8.42. The Morgan fingerprint density at radius 2 is 1.69 bits per heavy atom. The molecule has 3 aromatic carbocycles. The predicted molar refractivity (Wildman–Crippen MR) is 106 cm³/mol. The second-order valence-electron chi connectivity index (χ2n) is 6.44. The van der Waals surface area contributed by atoms with Gasteiger partial charge in [-0.3, -0.25) is 4.79 Å². The molecule has 0 saturated carbocycles. The number of anilines is 2. The first kappa shape index (κ1) is 17.8. The van der Waals surface area contributed by atoms with Crippen LogP contribution in [0.1, 0.15) is 5.56 Å².